The topological polar surface area (TPSA) is 69.6 Å². The van der Waals surface area contributed by atoms with Crippen molar-refractivity contribution in [1.82, 2.24) is 9.62 Å². The lowest BCUT2D eigenvalue weighted by molar-refractivity contribution is 0.282. The number of likely N-dealkylation sites (tertiary alicyclic amines) is 1. The Morgan fingerprint density at radius 3 is 2.89 bits per heavy atom. The van der Waals surface area contributed by atoms with Gasteiger partial charge in [0.25, 0.3) is 0 Å². The van der Waals surface area contributed by atoms with Crippen LogP contribution in [0, 0.1) is 0 Å². The van der Waals surface area contributed by atoms with Gasteiger partial charge in [0.15, 0.2) is 0 Å². The van der Waals surface area contributed by atoms with E-state index in [0.29, 0.717) is 10.9 Å². The molecule has 0 aromatic carbocycles. The van der Waals surface area contributed by atoms with Gasteiger partial charge in [0.05, 0.1) is 11.5 Å². The molecule has 2 N–H and O–H groups in total. The largest absolute Gasteiger partial charge is 0.391 e. The highest BCUT2D eigenvalue weighted by molar-refractivity contribution is 7.89. The molecule has 1 saturated heterocycles. The van der Waals surface area contributed by atoms with E-state index in [9.17, 15) is 8.42 Å². The average Bonchev–Trinajstić information content (AvgIpc) is 2.92. The third kappa shape index (κ3) is 2.85. The molecule has 5 nitrogen and oxygen atoms in total. The number of hydrogen-bond donors (Lipinski definition) is 2. The van der Waals surface area contributed by atoms with E-state index < -0.39 is 10.0 Å². The van der Waals surface area contributed by atoms with Crippen LogP contribution in [0.4, 0.5) is 0 Å². The van der Waals surface area contributed by atoms with E-state index in [2.05, 4.69) is 9.62 Å². The zero-order valence-corrected chi connectivity index (χ0v) is 12.2. The minimum atomic E-state index is -3.50. The van der Waals surface area contributed by atoms with Crippen molar-refractivity contribution in [2.24, 2.45) is 0 Å². The van der Waals surface area contributed by atoms with Crippen molar-refractivity contribution in [2.45, 2.75) is 42.8 Å². The van der Waals surface area contributed by atoms with Crippen LogP contribution in [0.5, 0.6) is 0 Å². The molecule has 1 aromatic heterocycles. The predicted molar refractivity (Wildman–Crippen MR) is 73.6 cm³/mol. The molecule has 0 bridgehead atoms. The first-order chi connectivity index (χ1) is 9.10. The highest BCUT2D eigenvalue weighted by Gasteiger charge is 2.36. The zero-order chi connectivity index (χ0) is 13.5. The summed E-state index contributed by atoms with van der Waals surface area (Å²) in [5.74, 6) is 0. The fourth-order valence-corrected chi connectivity index (χ4v) is 5.18. The maximum atomic E-state index is 12.3. The summed E-state index contributed by atoms with van der Waals surface area (Å²) >= 11 is 1.27. The van der Waals surface area contributed by atoms with Crippen LogP contribution in [-0.4, -0.2) is 43.6 Å². The predicted octanol–water partition coefficient (Wildman–Crippen LogP) is 0.755. The minimum Gasteiger partial charge on any atom is -0.391 e. The van der Waals surface area contributed by atoms with Gasteiger partial charge in [0, 0.05) is 30.1 Å². The van der Waals surface area contributed by atoms with Crippen molar-refractivity contribution in [2.75, 3.05) is 13.1 Å². The van der Waals surface area contributed by atoms with Gasteiger partial charge < -0.3 is 5.11 Å². The molecule has 1 aliphatic carbocycles. The summed E-state index contributed by atoms with van der Waals surface area (Å²) in [6, 6.07) is 2.24. The molecule has 1 atom stereocenters. The summed E-state index contributed by atoms with van der Waals surface area (Å²) in [5.41, 5.74) is 0. The first kappa shape index (κ1) is 13.5. The van der Waals surface area contributed by atoms with Gasteiger partial charge in [0.2, 0.25) is 10.0 Å². The highest BCUT2D eigenvalue weighted by Crippen LogP contribution is 2.30. The summed E-state index contributed by atoms with van der Waals surface area (Å²) in [4.78, 5) is 3.10. The number of hydrogen-bond acceptors (Lipinski definition) is 5. The number of nitrogens with zero attached hydrogens (tertiary/aromatic N) is 1. The molecular weight excluding hydrogens is 284 g/mol. The standard InChI is InChI=1S/C12H18N2O3S2/c15-8-11-12(4-6-18-11)19(16,17)13-9-3-5-14(7-9)10-1-2-10/h4,6,9-10,13,15H,1-3,5,7-8H2. The molecule has 0 radical (unpaired) electrons. The van der Waals surface area contributed by atoms with Gasteiger partial charge in [0.1, 0.15) is 0 Å². The van der Waals surface area contributed by atoms with Crippen LogP contribution in [0.15, 0.2) is 16.3 Å². The van der Waals surface area contributed by atoms with E-state index in [1.54, 1.807) is 11.4 Å². The first-order valence-corrected chi connectivity index (χ1v) is 8.90. The Hall–Kier alpha value is -0.470. The number of aliphatic hydroxyl groups is 1. The van der Waals surface area contributed by atoms with Crippen molar-refractivity contribution in [1.29, 1.82) is 0 Å². The summed E-state index contributed by atoms with van der Waals surface area (Å²) in [6.07, 6.45) is 3.37. The number of sulfonamides is 1. The molecule has 2 heterocycles. The van der Waals surface area contributed by atoms with Crippen molar-refractivity contribution in [3.63, 3.8) is 0 Å². The maximum Gasteiger partial charge on any atom is 0.242 e. The first-order valence-electron chi connectivity index (χ1n) is 6.54. The van der Waals surface area contributed by atoms with Crippen LogP contribution in [0.25, 0.3) is 0 Å². The van der Waals surface area contributed by atoms with E-state index in [0.717, 1.165) is 19.5 Å². The van der Waals surface area contributed by atoms with Crippen molar-refractivity contribution >= 4 is 21.4 Å². The molecule has 1 unspecified atom stereocenters. The van der Waals surface area contributed by atoms with Crippen LogP contribution >= 0.6 is 11.3 Å². The van der Waals surface area contributed by atoms with Crippen molar-refractivity contribution in [3.05, 3.63) is 16.3 Å². The summed E-state index contributed by atoms with van der Waals surface area (Å²) in [7, 11) is -3.50. The van der Waals surface area contributed by atoms with E-state index in [1.807, 2.05) is 0 Å². The molecule has 2 fully saturated rings. The quantitative estimate of drug-likeness (QED) is 0.842. The van der Waals surface area contributed by atoms with Gasteiger partial charge in [-0.2, -0.15) is 0 Å². The van der Waals surface area contributed by atoms with E-state index in [4.69, 9.17) is 5.11 Å². The maximum absolute atomic E-state index is 12.3. The molecule has 2 aliphatic rings. The summed E-state index contributed by atoms with van der Waals surface area (Å²) in [6.45, 7) is 1.56. The number of rotatable bonds is 5. The van der Waals surface area contributed by atoms with E-state index >= 15 is 0 Å². The number of nitrogens with one attached hydrogen (secondary N) is 1. The highest BCUT2D eigenvalue weighted by atomic mass is 32.2. The zero-order valence-electron chi connectivity index (χ0n) is 10.6. The summed E-state index contributed by atoms with van der Waals surface area (Å²) in [5, 5.41) is 10.9. The molecule has 0 amide bonds. The molecule has 3 rings (SSSR count). The average molecular weight is 302 g/mol. The molecular formula is C12H18N2O3S2. The van der Waals surface area contributed by atoms with E-state index in [-0.39, 0.29) is 17.5 Å². The lowest BCUT2D eigenvalue weighted by atomic mass is 10.3. The Kier molecular flexibility index (Phi) is 3.65. The fourth-order valence-electron chi connectivity index (χ4n) is 2.62. The smallest absolute Gasteiger partial charge is 0.242 e. The molecule has 106 valence electrons. The number of thiophene rings is 1. The second-order valence-electron chi connectivity index (χ2n) is 5.20. The Morgan fingerprint density at radius 2 is 2.21 bits per heavy atom. The monoisotopic (exact) mass is 302 g/mol. The molecule has 7 heteroatoms. The lowest BCUT2D eigenvalue weighted by Gasteiger charge is -2.16. The van der Waals surface area contributed by atoms with Crippen LogP contribution < -0.4 is 4.72 Å². The van der Waals surface area contributed by atoms with Gasteiger partial charge in [-0.15, -0.1) is 11.3 Å². The van der Waals surface area contributed by atoms with Gasteiger partial charge in [-0.25, -0.2) is 13.1 Å². The SMILES string of the molecule is O=S(=O)(NC1CCN(C2CC2)C1)c1ccsc1CO. The van der Waals surface area contributed by atoms with Gasteiger partial charge in [-0.1, -0.05) is 0 Å². The molecule has 1 saturated carbocycles. The van der Waals surface area contributed by atoms with Gasteiger partial charge in [-0.05, 0) is 30.7 Å². The van der Waals surface area contributed by atoms with Crippen molar-refractivity contribution in [3.8, 4) is 0 Å². The molecule has 1 aromatic rings. The second-order valence-corrected chi connectivity index (χ2v) is 7.88. The van der Waals surface area contributed by atoms with Crippen LogP contribution in [-0.2, 0) is 16.6 Å². The van der Waals surface area contributed by atoms with Gasteiger partial charge in [-0.3, -0.25) is 4.90 Å². The molecule has 0 spiro atoms. The number of aliphatic hydroxyl groups excluding tert-OH is 1. The second kappa shape index (κ2) is 5.14. The Balaban J connectivity index is 1.68. The Labute approximate surface area is 117 Å². The third-order valence-corrected chi connectivity index (χ3v) is 6.38. The Morgan fingerprint density at radius 1 is 1.42 bits per heavy atom. The molecule has 1 aliphatic heterocycles. The Bertz CT molecular complexity index is 551. The van der Waals surface area contributed by atoms with Gasteiger partial charge >= 0.3 is 0 Å². The summed E-state index contributed by atoms with van der Waals surface area (Å²) < 4.78 is 27.3. The molecule has 19 heavy (non-hydrogen) atoms. The lowest BCUT2D eigenvalue weighted by Crippen LogP contribution is -2.37. The normalized spacial score (nSPS) is 25.0. The van der Waals surface area contributed by atoms with E-state index in [1.165, 1.54) is 24.2 Å². The van der Waals surface area contributed by atoms with Crippen LogP contribution in [0.2, 0.25) is 0 Å². The fraction of sp³-hybridized carbons (Fsp3) is 0.667. The van der Waals surface area contributed by atoms with Crippen LogP contribution in [0.3, 0.4) is 0 Å². The minimum absolute atomic E-state index is 0.00274. The third-order valence-electron chi connectivity index (χ3n) is 3.74. The van der Waals surface area contributed by atoms with Crippen molar-refractivity contribution < 1.29 is 13.5 Å². The van der Waals surface area contributed by atoms with Crippen LogP contribution in [0.1, 0.15) is 24.1 Å².